The number of aromatic nitrogens is 3. The van der Waals surface area contributed by atoms with Crippen LogP contribution in [-0.4, -0.2) is 79.3 Å². The number of aliphatic hydroxyl groups is 1. The first-order valence-electron chi connectivity index (χ1n) is 12.0. The summed E-state index contributed by atoms with van der Waals surface area (Å²) in [7, 11) is 0. The molecule has 0 unspecified atom stereocenters. The number of unbranched alkanes of at least 4 members (excludes halogenated alkanes) is 1. The zero-order chi connectivity index (χ0) is 24.9. The van der Waals surface area contributed by atoms with Crippen molar-refractivity contribution in [2.75, 3.05) is 68.1 Å². The van der Waals surface area contributed by atoms with Crippen LogP contribution < -0.4 is 20.9 Å². The predicted molar refractivity (Wildman–Crippen MR) is 143 cm³/mol. The molecule has 0 radical (unpaired) electrons. The Hall–Kier alpha value is -2.95. The van der Waals surface area contributed by atoms with Crippen LogP contribution >= 0.6 is 11.6 Å². The van der Waals surface area contributed by atoms with Crippen molar-refractivity contribution in [1.82, 2.24) is 20.3 Å². The third kappa shape index (κ3) is 8.34. The third-order valence-corrected chi connectivity index (χ3v) is 5.68. The predicted octanol–water partition coefficient (Wildman–Crippen LogP) is 3.33. The van der Waals surface area contributed by atoms with Gasteiger partial charge in [-0.05, 0) is 51.1 Å². The quantitative estimate of drug-likeness (QED) is 0.228. The Morgan fingerprint density at radius 3 is 2.46 bits per heavy atom. The van der Waals surface area contributed by atoms with Crippen LogP contribution in [0, 0.1) is 0 Å². The van der Waals surface area contributed by atoms with Gasteiger partial charge in [-0.25, -0.2) is 0 Å². The number of halogens is 1. The Morgan fingerprint density at radius 1 is 1.11 bits per heavy atom. The van der Waals surface area contributed by atoms with Gasteiger partial charge in [0.05, 0.1) is 18.9 Å². The van der Waals surface area contributed by atoms with Gasteiger partial charge in [-0.1, -0.05) is 17.7 Å². The van der Waals surface area contributed by atoms with E-state index in [1.807, 2.05) is 31.2 Å². The molecular weight excluding hydrogens is 468 g/mol. The van der Waals surface area contributed by atoms with Crippen LogP contribution in [0.4, 0.5) is 23.5 Å². The summed E-state index contributed by atoms with van der Waals surface area (Å²) in [6, 6.07) is 5.62. The van der Waals surface area contributed by atoms with Crippen LogP contribution in [0.15, 0.2) is 29.3 Å². The van der Waals surface area contributed by atoms with Crippen molar-refractivity contribution in [3.05, 3.63) is 34.9 Å². The summed E-state index contributed by atoms with van der Waals surface area (Å²) in [6.07, 6.45) is 4.54. The number of morpholine rings is 1. The summed E-state index contributed by atoms with van der Waals surface area (Å²) >= 11 is 6.08. The van der Waals surface area contributed by atoms with Crippen molar-refractivity contribution < 1.29 is 9.84 Å². The van der Waals surface area contributed by atoms with Crippen LogP contribution in [0.25, 0.3) is 5.70 Å². The normalized spacial score (nSPS) is 14.0. The molecule has 11 heteroatoms. The van der Waals surface area contributed by atoms with Gasteiger partial charge in [0.1, 0.15) is 0 Å². The lowest BCUT2D eigenvalue weighted by Crippen LogP contribution is -2.37. The van der Waals surface area contributed by atoms with Gasteiger partial charge in [-0.2, -0.15) is 15.0 Å². The molecule has 0 atom stereocenters. The minimum Gasteiger partial charge on any atom is -0.396 e. The number of benzene rings is 1. The number of anilines is 3. The topological polar surface area (TPSA) is 120 Å². The minimum atomic E-state index is 0.117. The maximum atomic E-state index is 9.05. The average Bonchev–Trinajstić information content (AvgIpc) is 2.89. The van der Waals surface area contributed by atoms with Crippen molar-refractivity contribution in [3.63, 3.8) is 0 Å². The number of ether oxygens (including phenoxy) is 1. The molecule has 1 saturated heterocycles. The second-order valence-electron chi connectivity index (χ2n) is 7.97. The summed E-state index contributed by atoms with van der Waals surface area (Å²) in [5, 5.41) is 19.7. The highest BCUT2D eigenvalue weighted by atomic mass is 35.5. The van der Waals surface area contributed by atoms with E-state index in [0.29, 0.717) is 49.0 Å². The van der Waals surface area contributed by atoms with E-state index in [-0.39, 0.29) is 6.61 Å². The SMILES string of the molecule is C=Nc1cc(Cl)ccc1/C(=C\C)NCCCCNc1nc(NCCCO)nc(N2CCOCC2)n1. The molecule has 1 aliphatic heterocycles. The Morgan fingerprint density at radius 2 is 1.80 bits per heavy atom. The van der Waals surface area contributed by atoms with Crippen molar-refractivity contribution in [2.45, 2.75) is 26.2 Å². The molecule has 35 heavy (non-hydrogen) atoms. The minimum absolute atomic E-state index is 0.117. The van der Waals surface area contributed by atoms with E-state index < -0.39 is 0 Å². The van der Waals surface area contributed by atoms with Gasteiger partial charge in [0.15, 0.2) is 0 Å². The fourth-order valence-electron chi connectivity index (χ4n) is 3.60. The van der Waals surface area contributed by atoms with Gasteiger partial charge in [0.2, 0.25) is 17.8 Å². The molecule has 4 N–H and O–H groups in total. The summed E-state index contributed by atoms with van der Waals surface area (Å²) < 4.78 is 5.44. The standard InChI is InChI=1S/C24H35ClN8O2/c1-3-20(19-8-7-18(25)17-21(19)26-2)27-9-4-5-10-28-22-30-23(29-11-6-14-34)32-24(31-22)33-12-15-35-16-13-33/h3,7-8,17,27,34H,2,4-6,9-16H2,1H3,(H2,28,29,30,31,32)/b20-3+. The Kier molecular flexibility index (Phi) is 11.0. The molecule has 2 aromatic rings. The van der Waals surface area contributed by atoms with Gasteiger partial charge in [0.25, 0.3) is 0 Å². The van der Waals surface area contributed by atoms with Crippen LogP contribution in [0.5, 0.6) is 0 Å². The number of hydrogen-bond acceptors (Lipinski definition) is 10. The molecule has 1 aliphatic rings. The summed E-state index contributed by atoms with van der Waals surface area (Å²) in [5.41, 5.74) is 2.74. The number of nitrogens with one attached hydrogen (secondary N) is 3. The Bertz CT molecular complexity index is 982. The molecule has 2 heterocycles. The van der Waals surface area contributed by atoms with Crippen LogP contribution in [0.3, 0.4) is 0 Å². The smallest absolute Gasteiger partial charge is 0.232 e. The van der Waals surface area contributed by atoms with Gasteiger partial charge < -0.3 is 30.7 Å². The number of nitrogens with zero attached hydrogens (tertiary/aromatic N) is 5. The average molecular weight is 503 g/mol. The number of rotatable bonds is 14. The van der Waals surface area contributed by atoms with E-state index in [1.54, 1.807) is 0 Å². The molecule has 10 nitrogen and oxygen atoms in total. The van der Waals surface area contributed by atoms with Gasteiger partial charge in [-0.3, -0.25) is 4.99 Å². The van der Waals surface area contributed by atoms with E-state index in [9.17, 15) is 0 Å². The molecule has 0 bridgehead atoms. The van der Waals surface area contributed by atoms with Gasteiger partial charge >= 0.3 is 0 Å². The monoisotopic (exact) mass is 502 g/mol. The fraction of sp³-hybridized carbons (Fsp3) is 0.500. The Balaban J connectivity index is 1.50. The van der Waals surface area contributed by atoms with Crippen LogP contribution in [0.2, 0.25) is 5.02 Å². The number of hydrogen-bond donors (Lipinski definition) is 4. The molecule has 1 aromatic heterocycles. The third-order valence-electron chi connectivity index (χ3n) is 5.45. The summed E-state index contributed by atoms with van der Waals surface area (Å²) in [5.74, 6) is 1.68. The molecule has 190 valence electrons. The van der Waals surface area contributed by atoms with Crippen molar-refractivity contribution in [1.29, 1.82) is 0 Å². The lowest BCUT2D eigenvalue weighted by atomic mass is 10.1. The second-order valence-corrected chi connectivity index (χ2v) is 8.41. The van der Waals surface area contributed by atoms with E-state index in [1.165, 1.54) is 0 Å². The van der Waals surface area contributed by atoms with E-state index in [0.717, 1.165) is 56.0 Å². The van der Waals surface area contributed by atoms with E-state index >= 15 is 0 Å². The second kappa shape index (κ2) is 14.4. The Labute approximate surface area is 211 Å². The van der Waals surface area contributed by atoms with Gasteiger partial charge in [-0.15, -0.1) is 0 Å². The summed E-state index contributed by atoms with van der Waals surface area (Å²) in [6.45, 7) is 10.7. The van der Waals surface area contributed by atoms with Crippen molar-refractivity contribution >= 4 is 47.5 Å². The van der Waals surface area contributed by atoms with E-state index in [4.69, 9.17) is 21.4 Å². The lowest BCUT2D eigenvalue weighted by molar-refractivity contribution is 0.122. The number of aliphatic hydroxyl groups excluding tert-OH is 1. The molecule has 1 aromatic carbocycles. The molecule has 0 saturated carbocycles. The molecule has 0 spiro atoms. The van der Waals surface area contributed by atoms with Gasteiger partial charge in [0, 0.05) is 55.6 Å². The first kappa shape index (κ1) is 26.7. The van der Waals surface area contributed by atoms with Crippen molar-refractivity contribution in [3.8, 4) is 0 Å². The maximum absolute atomic E-state index is 9.05. The first-order chi connectivity index (χ1) is 17.1. The molecule has 1 fully saturated rings. The summed E-state index contributed by atoms with van der Waals surface area (Å²) in [4.78, 5) is 19.8. The van der Waals surface area contributed by atoms with E-state index in [2.05, 4.69) is 47.5 Å². The zero-order valence-electron chi connectivity index (χ0n) is 20.3. The first-order valence-corrected chi connectivity index (χ1v) is 12.4. The van der Waals surface area contributed by atoms with Crippen molar-refractivity contribution in [2.24, 2.45) is 4.99 Å². The zero-order valence-corrected chi connectivity index (χ0v) is 21.0. The highest BCUT2D eigenvalue weighted by Crippen LogP contribution is 2.28. The largest absolute Gasteiger partial charge is 0.396 e. The van der Waals surface area contributed by atoms with Crippen LogP contribution in [0.1, 0.15) is 31.7 Å². The lowest BCUT2D eigenvalue weighted by Gasteiger charge is -2.27. The molecule has 0 aliphatic carbocycles. The number of allylic oxidation sites excluding steroid dienone is 1. The molecule has 0 amide bonds. The highest BCUT2D eigenvalue weighted by molar-refractivity contribution is 6.30. The molecular formula is C24H35ClN8O2. The fourth-order valence-corrected chi connectivity index (χ4v) is 3.76. The highest BCUT2D eigenvalue weighted by Gasteiger charge is 2.16. The number of aliphatic imine (C=N–C) groups is 1. The van der Waals surface area contributed by atoms with Crippen LogP contribution in [-0.2, 0) is 4.74 Å². The maximum Gasteiger partial charge on any atom is 0.232 e. The molecule has 3 rings (SSSR count).